The molecule has 4 aliphatic heterocycles. The van der Waals surface area contributed by atoms with E-state index in [2.05, 4.69) is 10.6 Å². The predicted molar refractivity (Wildman–Crippen MR) is 219 cm³/mol. The molecule has 4 N–H and O–H groups in total. The van der Waals surface area contributed by atoms with Crippen LogP contribution >= 0.6 is 23.2 Å². The summed E-state index contributed by atoms with van der Waals surface area (Å²) in [5.41, 5.74) is -5.01. The first-order chi connectivity index (χ1) is 30.4. The van der Waals surface area contributed by atoms with Crippen molar-refractivity contribution in [1.82, 2.24) is 0 Å². The van der Waals surface area contributed by atoms with Gasteiger partial charge in [-0.2, -0.15) is 0 Å². The van der Waals surface area contributed by atoms with E-state index in [0.717, 1.165) is 46.2 Å². The molecule has 4 heterocycles. The summed E-state index contributed by atoms with van der Waals surface area (Å²) >= 11 is 11.7. The molecule has 64 heavy (non-hydrogen) atoms. The van der Waals surface area contributed by atoms with Crippen LogP contribution in [0.5, 0.6) is 11.5 Å². The van der Waals surface area contributed by atoms with Crippen LogP contribution in [0.2, 0.25) is 10.0 Å². The number of nitrogens with zero attached hydrogens (tertiary/aromatic N) is 2. The van der Waals surface area contributed by atoms with E-state index >= 15 is 17.6 Å². The molecule has 0 aromatic heterocycles. The highest BCUT2D eigenvalue weighted by molar-refractivity contribution is 6.31. The summed E-state index contributed by atoms with van der Waals surface area (Å²) in [5.74, 6) is -6.37. The quantitative estimate of drug-likeness (QED) is 0.0940. The number of aliphatic hydroxyl groups is 2. The molecule has 2 saturated heterocycles. The Kier molecular flexibility index (Phi) is 12.5. The smallest absolute Gasteiger partial charge is 0.490 e. The van der Waals surface area contributed by atoms with Crippen LogP contribution in [0.3, 0.4) is 0 Å². The Bertz CT molecular complexity index is 2330. The molecular formula is C43H38Cl2F6N4O9. The summed E-state index contributed by atoms with van der Waals surface area (Å²) in [7, 11) is 0. The number of benzene rings is 4. The molecule has 4 aromatic carbocycles. The Morgan fingerprint density at radius 1 is 0.625 bits per heavy atom. The number of ether oxygens (including phenoxy) is 4. The van der Waals surface area contributed by atoms with Crippen molar-refractivity contribution < 1.29 is 69.9 Å². The zero-order valence-electron chi connectivity index (χ0n) is 33.4. The fourth-order valence-corrected chi connectivity index (χ4v) is 8.77. The summed E-state index contributed by atoms with van der Waals surface area (Å²) in [4.78, 5) is 40.4. The van der Waals surface area contributed by atoms with Crippen molar-refractivity contribution in [1.29, 1.82) is 0 Å². The molecule has 4 aromatic rings. The maximum Gasteiger partial charge on any atom is 0.509 e. The topological polar surface area (TPSA) is 159 Å². The van der Waals surface area contributed by atoms with Crippen LogP contribution < -0.4 is 29.9 Å². The summed E-state index contributed by atoms with van der Waals surface area (Å²) < 4.78 is 114. The van der Waals surface area contributed by atoms with Crippen LogP contribution in [0.1, 0.15) is 36.8 Å². The van der Waals surface area contributed by atoms with Gasteiger partial charge in [-0.15, -0.1) is 0 Å². The van der Waals surface area contributed by atoms with E-state index in [0.29, 0.717) is 11.1 Å². The van der Waals surface area contributed by atoms with Crippen LogP contribution in [-0.2, 0) is 31.9 Å². The number of nitrogens with one attached hydrogen (secondary N) is 2. The van der Waals surface area contributed by atoms with Gasteiger partial charge in [0, 0.05) is 59.9 Å². The van der Waals surface area contributed by atoms with Crippen molar-refractivity contribution >= 4 is 63.9 Å². The number of anilines is 4. The van der Waals surface area contributed by atoms with Crippen molar-refractivity contribution in [3.63, 3.8) is 0 Å². The number of rotatable bonds is 10. The lowest BCUT2D eigenvalue weighted by Crippen LogP contribution is -2.62. The first kappa shape index (κ1) is 45.0. The second-order valence-electron chi connectivity index (χ2n) is 16.0. The minimum atomic E-state index is -2.14. The highest BCUT2D eigenvalue weighted by Gasteiger charge is 2.50. The molecule has 0 saturated carbocycles. The van der Waals surface area contributed by atoms with Gasteiger partial charge < -0.3 is 49.6 Å². The second-order valence-corrected chi connectivity index (χ2v) is 16.8. The van der Waals surface area contributed by atoms with Gasteiger partial charge >= 0.3 is 6.16 Å². The number of carbonyl (C=O) groups is 3. The average molecular weight is 940 g/mol. The standard InChI is InChI=1S/C43H38Cl2F6N4O9/c44-21-13-27(48)39(28(49)14-21)54-11-9-42(59,19-61-31-5-3-25(46)37-23(31)1-7-35(56)52-37)33(17-54)63-41(58)64-34-18-55(40-29(50)15-22(45)16-30(40)51)12-10-43(34,60)20-62-32-6-4-26(47)38-24(32)2-8-36(57)53-38/h3-6,13-16,33-34,59-60H,1-2,7-12,17-20H2,(H,52,56)(H,53,57)/t33-,34-,42-,43-/m1/s1. The number of piperidine rings is 2. The van der Waals surface area contributed by atoms with Crippen LogP contribution in [-0.4, -0.2) is 91.0 Å². The maximum atomic E-state index is 15.3. The van der Waals surface area contributed by atoms with Gasteiger partial charge in [0.25, 0.3) is 0 Å². The number of halogens is 8. The third-order valence-electron chi connectivity index (χ3n) is 11.8. The monoisotopic (exact) mass is 938 g/mol. The Labute approximate surface area is 370 Å². The van der Waals surface area contributed by atoms with E-state index in [9.17, 15) is 33.4 Å². The molecule has 2 amide bonds. The molecule has 0 aliphatic carbocycles. The SMILES string of the molecule is O=C1CCc2c(OC[C@]3(O)CCN(c4c(F)cc(Cl)cc4F)C[C@H]3OC(=O)O[C@@H]3CN(c4c(F)cc(Cl)cc4F)CC[C@@]3(O)COc3ccc(F)c4c3CCC(=O)N4)ccc(F)c2N1. The number of hydrogen-bond donors (Lipinski definition) is 4. The van der Waals surface area contributed by atoms with E-state index < -0.39 is 114 Å². The van der Waals surface area contributed by atoms with Crippen LogP contribution in [0.4, 0.5) is 53.9 Å². The van der Waals surface area contributed by atoms with E-state index in [1.165, 1.54) is 12.1 Å². The van der Waals surface area contributed by atoms with E-state index in [4.69, 9.17) is 42.1 Å². The fourth-order valence-electron chi connectivity index (χ4n) is 8.39. The molecule has 0 bridgehead atoms. The average Bonchev–Trinajstić information content (AvgIpc) is 3.22. The van der Waals surface area contributed by atoms with Crippen molar-refractivity contribution in [3.8, 4) is 11.5 Å². The van der Waals surface area contributed by atoms with Gasteiger partial charge in [-0.05, 0) is 61.4 Å². The van der Waals surface area contributed by atoms with E-state index in [1.54, 1.807) is 0 Å². The number of hydrogen-bond acceptors (Lipinski definition) is 11. The van der Waals surface area contributed by atoms with Gasteiger partial charge in [-0.3, -0.25) is 9.59 Å². The van der Waals surface area contributed by atoms with E-state index in [-0.39, 0.29) is 84.5 Å². The van der Waals surface area contributed by atoms with Crippen molar-refractivity contribution in [3.05, 3.63) is 105 Å². The number of carbonyl (C=O) groups excluding carboxylic acids is 3. The number of amides is 2. The van der Waals surface area contributed by atoms with E-state index in [1.807, 2.05) is 0 Å². The maximum absolute atomic E-state index is 15.3. The lowest BCUT2D eigenvalue weighted by molar-refractivity contribution is -0.150. The normalized spacial score (nSPS) is 23.1. The highest BCUT2D eigenvalue weighted by Crippen LogP contribution is 2.40. The molecule has 8 rings (SSSR count). The highest BCUT2D eigenvalue weighted by atomic mass is 35.5. The lowest BCUT2D eigenvalue weighted by atomic mass is 9.88. The molecule has 13 nitrogen and oxygen atoms in total. The summed E-state index contributed by atoms with van der Waals surface area (Å²) in [6.07, 6.45) is -5.45. The Balaban J connectivity index is 1.08. The summed E-state index contributed by atoms with van der Waals surface area (Å²) in [6, 6.07) is 8.14. The number of fused-ring (bicyclic) bond motifs is 2. The minimum absolute atomic E-state index is 0.0133. The zero-order valence-corrected chi connectivity index (χ0v) is 34.9. The first-order valence-corrected chi connectivity index (χ1v) is 20.8. The molecule has 0 unspecified atom stereocenters. The molecule has 4 atom stereocenters. The van der Waals surface area contributed by atoms with Crippen LogP contribution in [0, 0.1) is 34.9 Å². The van der Waals surface area contributed by atoms with Crippen LogP contribution in [0.25, 0.3) is 0 Å². The summed E-state index contributed by atoms with van der Waals surface area (Å²) in [5, 5.41) is 28.7. The predicted octanol–water partition coefficient (Wildman–Crippen LogP) is 7.23. The fraction of sp³-hybridized carbons (Fsp3) is 0.372. The van der Waals surface area contributed by atoms with Crippen molar-refractivity contribution in [2.45, 2.75) is 61.9 Å². The molecular weight excluding hydrogens is 901 g/mol. The third-order valence-corrected chi connectivity index (χ3v) is 12.2. The second kappa shape index (κ2) is 17.7. The lowest BCUT2D eigenvalue weighted by Gasteiger charge is -2.46. The molecule has 21 heteroatoms. The molecule has 340 valence electrons. The van der Waals surface area contributed by atoms with Gasteiger partial charge in [0.15, 0.2) is 35.5 Å². The van der Waals surface area contributed by atoms with Gasteiger partial charge in [-0.25, -0.2) is 31.1 Å². The summed E-state index contributed by atoms with van der Waals surface area (Å²) in [6.45, 7) is -2.85. The zero-order chi connectivity index (χ0) is 45.7. The molecule has 2 fully saturated rings. The van der Waals surface area contributed by atoms with Crippen LogP contribution in [0.15, 0.2) is 48.5 Å². The Morgan fingerprint density at radius 3 is 1.38 bits per heavy atom. The Hall–Kier alpha value is -5.63. The largest absolute Gasteiger partial charge is 0.509 e. The molecule has 4 aliphatic rings. The third kappa shape index (κ3) is 9.03. The van der Waals surface area contributed by atoms with Gasteiger partial charge in [-0.1, -0.05) is 23.2 Å². The Morgan fingerprint density at radius 2 is 1.00 bits per heavy atom. The van der Waals surface area contributed by atoms with Gasteiger partial charge in [0.1, 0.15) is 58.9 Å². The van der Waals surface area contributed by atoms with Gasteiger partial charge in [0.2, 0.25) is 11.8 Å². The minimum Gasteiger partial charge on any atom is -0.490 e. The van der Waals surface area contributed by atoms with Gasteiger partial charge in [0.05, 0.1) is 24.5 Å². The van der Waals surface area contributed by atoms with Crippen molar-refractivity contribution in [2.75, 3.05) is 59.8 Å². The first-order valence-electron chi connectivity index (χ1n) is 20.0. The molecule has 0 spiro atoms. The molecule has 0 radical (unpaired) electrons. The van der Waals surface area contributed by atoms with Crippen molar-refractivity contribution in [2.24, 2.45) is 0 Å².